The third-order valence-corrected chi connectivity index (χ3v) is 3.60. The molecule has 0 radical (unpaired) electrons. The van der Waals surface area contributed by atoms with Gasteiger partial charge in [0, 0.05) is 6.54 Å². The highest BCUT2D eigenvalue weighted by Crippen LogP contribution is 2.26. The van der Waals surface area contributed by atoms with Crippen LogP contribution in [0.25, 0.3) is 0 Å². The molecule has 0 saturated carbocycles. The van der Waals surface area contributed by atoms with E-state index in [4.69, 9.17) is 4.74 Å². The van der Waals surface area contributed by atoms with Crippen LogP contribution in [0.5, 0.6) is 5.75 Å². The second-order valence-electron chi connectivity index (χ2n) is 4.87. The van der Waals surface area contributed by atoms with Crippen LogP contribution in [-0.2, 0) is 11.3 Å². The van der Waals surface area contributed by atoms with E-state index in [0.29, 0.717) is 6.54 Å². The summed E-state index contributed by atoms with van der Waals surface area (Å²) < 4.78 is 5.11. The van der Waals surface area contributed by atoms with E-state index in [-0.39, 0.29) is 12.0 Å². The summed E-state index contributed by atoms with van der Waals surface area (Å²) in [6.07, 6.45) is 0.952. The normalized spacial score (nSPS) is 24.1. The molecule has 2 unspecified atom stereocenters. The Labute approximate surface area is 107 Å². The van der Waals surface area contributed by atoms with Gasteiger partial charge < -0.3 is 9.84 Å². The van der Waals surface area contributed by atoms with Crippen LogP contribution in [0.15, 0.2) is 24.3 Å². The quantitative estimate of drug-likeness (QED) is 0.886. The molecule has 1 N–H and O–H groups in total. The van der Waals surface area contributed by atoms with Gasteiger partial charge in [-0.1, -0.05) is 19.1 Å². The maximum Gasteiger partial charge on any atom is 0.321 e. The van der Waals surface area contributed by atoms with Gasteiger partial charge in [-0.25, -0.2) is 0 Å². The topological polar surface area (TPSA) is 49.8 Å². The van der Waals surface area contributed by atoms with Gasteiger partial charge in [-0.15, -0.1) is 0 Å². The molecule has 1 aliphatic rings. The highest BCUT2D eigenvalue weighted by molar-refractivity contribution is 5.74. The van der Waals surface area contributed by atoms with Crippen molar-refractivity contribution >= 4 is 5.97 Å². The average Bonchev–Trinajstić information content (AvgIpc) is 2.71. The Morgan fingerprint density at radius 1 is 1.44 bits per heavy atom. The van der Waals surface area contributed by atoms with E-state index in [1.165, 1.54) is 0 Å². The molecule has 0 aromatic heterocycles. The zero-order valence-corrected chi connectivity index (χ0v) is 10.8. The number of hydrogen-bond donors (Lipinski definition) is 1. The molecule has 1 heterocycles. The van der Waals surface area contributed by atoms with Crippen LogP contribution in [-0.4, -0.2) is 35.7 Å². The summed E-state index contributed by atoms with van der Waals surface area (Å²) in [5, 5.41) is 9.25. The van der Waals surface area contributed by atoms with Crippen molar-refractivity contribution in [3.05, 3.63) is 29.8 Å². The van der Waals surface area contributed by atoms with Crippen molar-refractivity contribution in [3.63, 3.8) is 0 Å². The minimum Gasteiger partial charge on any atom is -0.497 e. The standard InChI is InChI=1S/C14H19NO3/c1-10-7-8-15(13(10)14(16)17)9-11-3-5-12(18-2)6-4-11/h3-6,10,13H,7-9H2,1-2H3,(H,16,17). The van der Waals surface area contributed by atoms with Crippen molar-refractivity contribution in [2.24, 2.45) is 5.92 Å². The molecule has 1 aliphatic heterocycles. The minimum absolute atomic E-state index is 0.223. The Balaban J connectivity index is 2.06. The van der Waals surface area contributed by atoms with E-state index >= 15 is 0 Å². The van der Waals surface area contributed by atoms with Gasteiger partial charge in [-0.2, -0.15) is 0 Å². The Morgan fingerprint density at radius 2 is 2.11 bits per heavy atom. The van der Waals surface area contributed by atoms with E-state index in [2.05, 4.69) is 0 Å². The van der Waals surface area contributed by atoms with Gasteiger partial charge in [-0.05, 0) is 36.6 Å². The Bertz CT molecular complexity index is 416. The van der Waals surface area contributed by atoms with Gasteiger partial charge in [0.05, 0.1) is 7.11 Å². The molecule has 0 aliphatic carbocycles. The van der Waals surface area contributed by atoms with E-state index in [1.54, 1.807) is 7.11 Å². The Hall–Kier alpha value is -1.55. The molecule has 4 nitrogen and oxygen atoms in total. The number of hydrogen-bond acceptors (Lipinski definition) is 3. The number of carboxylic acids is 1. The van der Waals surface area contributed by atoms with E-state index in [0.717, 1.165) is 24.3 Å². The second kappa shape index (κ2) is 5.40. The van der Waals surface area contributed by atoms with Crippen molar-refractivity contribution in [1.82, 2.24) is 4.90 Å². The molecule has 1 aromatic rings. The van der Waals surface area contributed by atoms with E-state index < -0.39 is 5.97 Å². The molecule has 1 saturated heterocycles. The molecular formula is C14H19NO3. The van der Waals surface area contributed by atoms with Crippen molar-refractivity contribution in [2.75, 3.05) is 13.7 Å². The molecule has 1 fully saturated rings. The molecule has 0 spiro atoms. The first-order valence-corrected chi connectivity index (χ1v) is 6.21. The summed E-state index contributed by atoms with van der Waals surface area (Å²) in [7, 11) is 1.64. The molecular weight excluding hydrogens is 230 g/mol. The van der Waals surface area contributed by atoms with Crippen LogP contribution in [0.4, 0.5) is 0 Å². The number of carboxylic acid groups (broad SMARTS) is 1. The van der Waals surface area contributed by atoms with Gasteiger partial charge >= 0.3 is 5.97 Å². The number of carbonyl (C=O) groups is 1. The van der Waals surface area contributed by atoms with Gasteiger partial charge in [0.1, 0.15) is 11.8 Å². The van der Waals surface area contributed by atoms with Crippen LogP contribution < -0.4 is 4.74 Å². The number of nitrogens with zero attached hydrogens (tertiary/aromatic N) is 1. The number of benzene rings is 1. The van der Waals surface area contributed by atoms with Crippen molar-refractivity contribution in [3.8, 4) is 5.75 Å². The smallest absolute Gasteiger partial charge is 0.321 e. The molecule has 2 rings (SSSR count). The number of rotatable bonds is 4. The predicted molar refractivity (Wildman–Crippen MR) is 68.6 cm³/mol. The largest absolute Gasteiger partial charge is 0.497 e. The Kier molecular flexibility index (Phi) is 3.87. The molecule has 1 aromatic carbocycles. The maximum absolute atomic E-state index is 11.3. The monoisotopic (exact) mass is 249 g/mol. The van der Waals surface area contributed by atoms with Crippen LogP contribution in [0.2, 0.25) is 0 Å². The van der Waals surface area contributed by atoms with Gasteiger partial charge in [0.15, 0.2) is 0 Å². The number of aliphatic carboxylic acids is 1. The highest BCUT2D eigenvalue weighted by atomic mass is 16.5. The summed E-state index contributed by atoms with van der Waals surface area (Å²) >= 11 is 0. The first kappa shape index (κ1) is 12.9. The second-order valence-corrected chi connectivity index (χ2v) is 4.87. The van der Waals surface area contributed by atoms with Crippen molar-refractivity contribution in [1.29, 1.82) is 0 Å². The van der Waals surface area contributed by atoms with E-state index in [1.807, 2.05) is 36.1 Å². The summed E-state index contributed by atoms with van der Waals surface area (Å²) in [5.41, 5.74) is 1.12. The molecule has 98 valence electrons. The molecule has 0 bridgehead atoms. The zero-order chi connectivity index (χ0) is 13.1. The minimum atomic E-state index is -0.714. The number of likely N-dealkylation sites (tertiary alicyclic amines) is 1. The van der Waals surface area contributed by atoms with Gasteiger partial charge in [0.2, 0.25) is 0 Å². The molecule has 2 atom stereocenters. The summed E-state index contributed by atoms with van der Waals surface area (Å²) in [6, 6.07) is 7.43. The van der Waals surface area contributed by atoms with E-state index in [9.17, 15) is 9.90 Å². The lowest BCUT2D eigenvalue weighted by atomic mass is 10.0. The Morgan fingerprint density at radius 3 is 2.67 bits per heavy atom. The number of ether oxygens (including phenoxy) is 1. The summed E-state index contributed by atoms with van der Waals surface area (Å²) in [4.78, 5) is 13.3. The lowest BCUT2D eigenvalue weighted by Gasteiger charge is -2.23. The van der Waals surface area contributed by atoms with Crippen LogP contribution in [0, 0.1) is 5.92 Å². The maximum atomic E-state index is 11.3. The highest BCUT2D eigenvalue weighted by Gasteiger charge is 2.36. The van der Waals surface area contributed by atoms with Gasteiger partial charge in [0.25, 0.3) is 0 Å². The van der Waals surface area contributed by atoms with Crippen LogP contribution in [0.1, 0.15) is 18.9 Å². The number of methoxy groups -OCH3 is 1. The predicted octanol–water partition coefficient (Wildman–Crippen LogP) is 1.99. The fourth-order valence-electron chi connectivity index (χ4n) is 2.57. The lowest BCUT2D eigenvalue weighted by molar-refractivity contribution is -0.143. The van der Waals surface area contributed by atoms with Crippen LogP contribution >= 0.6 is 0 Å². The van der Waals surface area contributed by atoms with Crippen molar-refractivity contribution in [2.45, 2.75) is 25.9 Å². The van der Waals surface area contributed by atoms with Gasteiger partial charge in [-0.3, -0.25) is 9.69 Å². The molecule has 0 amide bonds. The zero-order valence-electron chi connectivity index (χ0n) is 10.8. The third-order valence-electron chi connectivity index (χ3n) is 3.60. The SMILES string of the molecule is COc1ccc(CN2CCC(C)C2C(=O)O)cc1. The third kappa shape index (κ3) is 2.64. The summed E-state index contributed by atoms with van der Waals surface area (Å²) in [6.45, 7) is 3.54. The first-order valence-electron chi connectivity index (χ1n) is 6.21. The molecule has 4 heteroatoms. The average molecular weight is 249 g/mol. The first-order chi connectivity index (χ1) is 8.61. The van der Waals surface area contributed by atoms with Crippen LogP contribution in [0.3, 0.4) is 0 Å². The fraction of sp³-hybridized carbons (Fsp3) is 0.500. The molecule has 18 heavy (non-hydrogen) atoms. The fourth-order valence-corrected chi connectivity index (χ4v) is 2.57. The lowest BCUT2D eigenvalue weighted by Crippen LogP contribution is -2.38. The van der Waals surface area contributed by atoms with Crippen molar-refractivity contribution < 1.29 is 14.6 Å². The summed E-state index contributed by atoms with van der Waals surface area (Å²) in [5.74, 6) is 0.331.